The van der Waals surface area contributed by atoms with E-state index in [0.717, 1.165) is 24.3 Å². The van der Waals surface area contributed by atoms with Crippen molar-refractivity contribution in [2.24, 2.45) is 0 Å². The number of ether oxygens (including phenoxy) is 1. The quantitative estimate of drug-likeness (QED) is 0.271. The fourth-order valence-corrected chi connectivity index (χ4v) is 4.19. The predicted octanol–water partition coefficient (Wildman–Crippen LogP) is 7.48. The minimum absolute atomic E-state index is 0.597. The predicted molar refractivity (Wildman–Crippen MR) is 116 cm³/mol. The van der Waals surface area contributed by atoms with Crippen molar-refractivity contribution < 1.29 is 4.74 Å². The van der Waals surface area contributed by atoms with Crippen molar-refractivity contribution in [2.75, 3.05) is 23.4 Å². The van der Waals surface area contributed by atoms with Crippen LogP contribution in [0.5, 0.6) is 0 Å². The Morgan fingerprint density at radius 1 is 0.640 bits per heavy atom. The van der Waals surface area contributed by atoms with Gasteiger partial charge in [-0.3, -0.25) is 0 Å². The molecule has 25 heavy (non-hydrogen) atoms. The van der Waals surface area contributed by atoms with E-state index < -0.39 is 0 Å². The second kappa shape index (κ2) is 11.9. The molecule has 0 amide bonds. The third-order valence-electron chi connectivity index (χ3n) is 3.37. The van der Waals surface area contributed by atoms with Gasteiger partial charge in [0, 0.05) is 0 Å². The van der Waals surface area contributed by atoms with Crippen LogP contribution in [-0.2, 0) is 17.6 Å². The monoisotopic (exact) mass is 454 g/mol. The number of halogens is 4. The molecule has 1 nitrogen and oxygen atoms in total. The third kappa shape index (κ3) is 8.21. The van der Waals surface area contributed by atoms with E-state index in [1.54, 1.807) is 23.5 Å². The van der Waals surface area contributed by atoms with Crippen molar-refractivity contribution in [3.8, 4) is 0 Å². The number of hydrogen-bond acceptors (Lipinski definition) is 3. The van der Waals surface area contributed by atoms with Gasteiger partial charge in [0.1, 0.15) is 0 Å². The Morgan fingerprint density at radius 2 is 1.08 bits per heavy atom. The zero-order chi connectivity index (χ0) is 18.1. The lowest BCUT2D eigenvalue weighted by Gasteiger charge is -2.06. The first-order valence-corrected chi connectivity index (χ1v) is 11.5. The van der Waals surface area contributed by atoms with Gasteiger partial charge in [0.05, 0.1) is 32.0 Å². The van der Waals surface area contributed by atoms with Gasteiger partial charge in [0.25, 0.3) is 0 Å². The number of thioether (sulfide) groups is 2. The van der Waals surface area contributed by atoms with E-state index in [1.807, 2.05) is 36.4 Å². The molecular formula is C18H18Cl4OS2. The Kier molecular flexibility index (Phi) is 10.2. The summed E-state index contributed by atoms with van der Waals surface area (Å²) in [5.41, 5.74) is 2.39. The van der Waals surface area contributed by atoms with Crippen LogP contribution in [0.2, 0.25) is 20.1 Å². The Labute approximate surface area is 177 Å². The molecule has 0 N–H and O–H groups in total. The normalized spacial score (nSPS) is 11.0. The maximum Gasteiger partial charge on any atom is 0.0932 e. The Hall–Kier alpha value is 0.260. The SMILES string of the molecule is Clc1ccc(CCSCOCSCCc2ccc(Cl)c(Cl)c2)cc1Cl. The highest BCUT2D eigenvalue weighted by Gasteiger charge is 2.01. The van der Waals surface area contributed by atoms with Crippen LogP contribution >= 0.6 is 69.9 Å². The summed E-state index contributed by atoms with van der Waals surface area (Å²) in [6, 6.07) is 11.5. The van der Waals surface area contributed by atoms with Gasteiger partial charge < -0.3 is 4.74 Å². The first-order valence-electron chi connectivity index (χ1n) is 7.67. The van der Waals surface area contributed by atoms with Gasteiger partial charge in [-0.1, -0.05) is 58.5 Å². The Balaban J connectivity index is 1.49. The van der Waals surface area contributed by atoms with Crippen molar-refractivity contribution in [2.45, 2.75) is 12.8 Å². The molecule has 2 aromatic rings. The lowest BCUT2D eigenvalue weighted by atomic mass is 10.2. The summed E-state index contributed by atoms with van der Waals surface area (Å²) in [5, 5.41) is 2.41. The van der Waals surface area contributed by atoms with Crippen LogP contribution in [0, 0.1) is 0 Å². The second-order valence-electron chi connectivity index (χ2n) is 5.25. The van der Waals surface area contributed by atoms with Crippen LogP contribution in [0.4, 0.5) is 0 Å². The summed E-state index contributed by atoms with van der Waals surface area (Å²) in [4.78, 5) is 0. The molecule has 0 heterocycles. The maximum atomic E-state index is 6.01. The first kappa shape index (κ1) is 21.6. The number of hydrogen-bond donors (Lipinski definition) is 0. The average molecular weight is 456 g/mol. The fourth-order valence-electron chi connectivity index (χ4n) is 2.04. The van der Waals surface area contributed by atoms with E-state index >= 15 is 0 Å². The lowest BCUT2D eigenvalue weighted by Crippen LogP contribution is -1.96. The number of aryl methyl sites for hydroxylation is 2. The molecule has 2 aromatic carbocycles. The van der Waals surface area contributed by atoms with Gasteiger partial charge in [0.2, 0.25) is 0 Å². The van der Waals surface area contributed by atoms with Crippen molar-refractivity contribution in [3.05, 3.63) is 67.6 Å². The highest BCUT2D eigenvalue weighted by molar-refractivity contribution is 7.99. The molecule has 0 aliphatic heterocycles. The van der Waals surface area contributed by atoms with Crippen molar-refractivity contribution in [3.63, 3.8) is 0 Å². The molecule has 0 saturated carbocycles. The molecule has 0 saturated heterocycles. The van der Waals surface area contributed by atoms with Gasteiger partial charge >= 0.3 is 0 Å². The summed E-state index contributed by atoms with van der Waals surface area (Å²) < 4.78 is 5.63. The standard InChI is InChI=1S/C18H18Cl4OS2/c19-15-3-1-13(9-17(15)21)5-7-24-11-23-12-25-8-6-14-2-4-16(20)18(22)10-14/h1-4,9-10H,5-8,11-12H2. The minimum atomic E-state index is 0.597. The zero-order valence-corrected chi connectivity index (χ0v) is 18.1. The Morgan fingerprint density at radius 3 is 1.48 bits per heavy atom. The molecule has 136 valence electrons. The number of rotatable bonds is 10. The highest BCUT2D eigenvalue weighted by Crippen LogP contribution is 2.24. The van der Waals surface area contributed by atoms with Crippen LogP contribution in [0.25, 0.3) is 0 Å². The highest BCUT2D eigenvalue weighted by atomic mass is 35.5. The third-order valence-corrected chi connectivity index (χ3v) is 6.50. The van der Waals surface area contributed by atoms with Crippen LogP contribution in [0.15, 0.2) is 36.4 Å². The summed E-state index contributed by atoms with van der Waals surface area (Å²) >= 11 is 27.4. The topological polar surface area (TPSA) is 9.23 Å². The van der Waals surface area contributed by atoms with Crippen LogP contribution in [-0.4, -0.2) is 23.4 Å². The van der Waals surface area contributed by atoms with Crippen molar-refractivity contribution >= 4 is 69.9 Å². The number of benzene rings is 2. The van der Waals surface area contributed by atoms with Crippen molar-refractivity contribution in [1.29, 1.82) is 0 Å². The van der Waals surface area contributed by atoms with Gasteiger partial charge in [-0.25, -0.2) is 0 Å². The zero-order valence-electron chi connectivity index (χ0n) is 13.4. The van der Waals surface area contributed by atoms with E-state index in [0.29, 0.717) is 32.0 Å². The van der Waals surface area contributed by atoms with Crippen molar-refractivity contribution in [1.82, 2.24) is 0 Å². The molecule has 2 rings (SSSR count). The maximum absolute atomic E-state index is 6.01. The lowest BCUT2D eigenvalue weighted by molar-refractivity contribution is 0.240. The summed E-state index contributed by atoms with van der Waals surface area (Å²) in [5.74, 6) is 3.37. The van der Waals surface area contributed by atoms with Gasteiger partial charge in [0.15, 0.2) is 0 Å². The summed E-state index contributed by atoms with van der Waals surface area (Å²) in [6.45, 7) is 0. The molecule has 0 aliphatic carbocycles. The van der Waals surface area contributed by atoms with E-state index in [4.69, 9.17) is 51.1 Å². The van der Waals surface area contributed by atoms with E-state index in [-0.39, 0.29) is 0 Å². The molecule has 7 heteroatoms. The molecule has 0 radical (unpaired) electrons. The first-order chi connectivity index (χ1) is 12.1. The molecule has 0 unspecified atom stereocenters. The summed E-state index contributed by atoms with van der Waals surface area (Å²) in [6.07, 6.45) is 1.91. The second-order valence-corrected chi connectivity index (χ2v) is 8.99. The molecule has 0 bridgehead atoms. The average Bonchev–Trinajstić information content (AvgIpc) is 2.59. The van der Waals surface area contributed by atoms with E-state index in [1.165, 1.54) is 11.1 Å². The van der Waals surface area contributed by atoms with Gasteiger partial charge in [-0.05, 0) is 59.7 Å². The summed E-state index contributed by atoms with van der Waals surface area (Å²) in [7, 11) is 0. The molecule has 0 aliphatic rings. The van der Waals surface area contributed by atoms with Gasteiger partial charge in [-0.15, -0.1) is 23.5 Å². The van der Waals surface area contributed by atoms with E-state index in [2.05, 4.69) is 0 Å². The van der Waals surface area contributed by atoms with E-state index in [9.17, 15) is 0 Å². The largest absolute Gasteiger partial charge is 0.360 e. The van der Waals surface area contributed by atoms with Gasteiger partial charge in [-0.2, -0.15) is 0 Å². The van der Waals surface area contributed by atoms with Crippen LogP contribution < -0.4 is 0 Å². The molecule has 0 aromatic heterocycles. The molecule has 0 fully saturated rings. The minimum Gasteiger partial charge on any atom is -0.360 e. The molecule has 0 atom stereocenters. The Bertz CT molecular complexity index is 625. The van der Waals surface area contributed by atoms with Crippen LogP contribution in [0.3, 0.4) is 0 Å². The van der Waals surface area contributed by atoms with Crippen LogP contribution in [0.1, 0.15) is 11.1 Å². The molecule has 0 spiro atoms. The fraction of sp³-hybridized carbons (Fsp3) is 0.333. The molecular weight excluding hydrogens is 438 g/mol. The smallest absolute Gasteiger partial charge is 0.0932 e.